The molecule has 0 radical (unpaired) electrons. The molecular formula is C13H26N4O2. The van der Waals surface area contributed by atoms with Crippen molar-refractivity contribution in [3.8, 4) is 0 Å². The smallest absolute Gasteiger partial charge is 0.313 e. The standard InChI is InChI=1S/C12H25N3O.CHNO/c1-3-7-11(14-12(13)16)15-9-6-5-8-10(15)4-2;2-1-3/h10-11H,3-9H2,1-2H3,(H3,13,14,16);2H. The molecule has 19 heavy (non-hydrogen) atoms. The van der Waals surface area contributed by atoms with Crippen molar-refractivity contribution in [2.45, 2.75) is 64.6 Å². The second kappa shape index (κ2) is 10.5. The Balaban J connectivity index is 0.000000982. The Morgan fingerprint density at radius 1 is 1.53 bits per heavy atom. The summed E-state index contributed by atoms with van der Waals surface area (Å²) in [7, 11) is 0. The second-order valence-corrected chi connectivity index (χ2v) is 4.71. The number of primary amides is 1. The van der Waals surface area contributed by atoms with Crippen LogP contribution >= 0.6 is 0 Å². The normalized spacial score (nSPS) is 20.6. The van der Waals surface area contributed by atoms with Crippen LogP contribution in [0.15, 0.2) is 0 Å². The maximum atomic E-state index is 11.0. The summed E-state index contributed by atoms with van der Waals surface area (Å²) in [5.74, 6) is 0. The first-order valence-electron chi connectivity index (χ1n) is 6.96. The fourth-order valence-electron chi connectivity index (χ4n) is 2.63. The quantitative estimate of drug-likeness (QED) is 0.526. The predicted molar refractivity (Wildman–Crippen MR) is 74.5 cm³/mol. The fourth-order valence-corrected chi connectivity index (χ4v) is 2.63. The monoisotopic (exact) mass is 270 g/mol. The molecule has 1 aliphatic heterocycles. The maximum absolute atomic E-state index is 11.0. The lowest BCUT2D eigenvalue weighted by atomic mass is 9.98. The van der Waals surface area contributed by atoms with E-state index < -0.39 is 6.03 Å². The van der Waals surface area contributed by atoms with Crippen molar-refractivity contribution in [2.75, 3.05) is 6.54 Å². The summed E-state index contributed by atoms with van der Waals surface area (Å²) in [5, 5.41) is 8.28. The first kappa shape index (κ1) is 17.6. The summed E-state index contributed by atoms with van der Waals surface area (Å²) in [6.07, 6.45) is 7.88. The van der Waals surface area contributed by atoms with Crippen LogP contribution in [0.2, 0.25) is 0 Å². The largest absolute Gasteiger partial charge is 0.352 e. The van der Waals surface area contributed by atoms with Crippen molar-refractivity contribution in [1.29, 1.82) is 5.41 Å². The Labute approximate surface area is 115 Å². The van der Waals surface area contributed by atoms with Crippen molar-refractivity contribution >= 4 is 12.1 Å². The Hall–Kier alpha value is -1.39. The predicted octanol–water partition coefficient (Wildman–Crippen LogP) is 1.95. The number of nitrogens with one attached hydrogen (secondary N) is 2. The molecule has 0 aromatic rings. The molecule has 0 aromatic carbocycles. The van der Waals surface area contributed by atoms with Crippen molar-refractivity contribution < 1.29 is 9.59 Å². The number of nitrogens with two attached hydrogens (primary N) is 1. The lowest BCUT2D eigenvalue weighted by molar-refractivity contribution is 0.0733. The van der Waals surface area contributed by atoms with Gasteiger partial charge in [0, 0.05) is 12.6 Å². The molecule has 0 bridgehead atoms. The number of urea groups is 1. The van der Waals surface area contributed by atoms with Crippen LogP contribution in [0.4, 0.5) is 4.79 Å². The van der Waals surface area contributed by atoms with E-state index in [2.05, 4.69) is 24.1 Å². The molecule has 1 rings (SSSR count). The van der Waals surface area contributed by atoms with E-state index in [1.54, 1.807) is 0 Å². The van der Waals surface area contributed by atoms with Gasteiger partial charge in [0.1, 0.15) is 0 Å². The average molecular weight is 270 g/mol. The molecule has 0 saturated carbocycles. The van der Waals surface area contributed by atoms with E-state index in [0.717, 1.165) is 31.9 Å². The third kappa shape index (κ3) is 6.94. The van der Waals surface area contributed by atoms with Gasteiger partial charge in [-0.3, -0.25) is 4.90 Å². The third-order valence-corrected chi connectivity index (χ3v) is 3.42. The first-order chi connectivity index (χ1) is 9.10. The minimum absolute atomic E-state index is 0.132. The number of carbonyl (C=O) groups excluding carboxylic acids is 2. The van der Waals surface area contributed by atoms with Crippen molar-refractivity contribution in [2.24, 2.45) is 5.73 Å². The molecule has 6 heteroatoms. The van der Waals surface area contributed by atoms with Crippen LogP contribution in [0.1, 0.15) is 52.4 Å². The molecule has 1 fully saturated rings. The van der Waals surface area contributed by atoms with E-state index >= 15 is 0 Å². The van der Waals surface area contributed by atoms with Crippen LogP contribution in [0.25, 0.3) is 0 Å². The summed E-state index contributed by atoms with van der Waals surface area (Å²) < 4.78 is 0. The number of carbonyl (C=O) groups is 1. The SMILES string of the molecule is CCCC(NC(N)=O)N1CCCCC1CC.N=C=O. The maximum Gasteiger partial charge on any atom is 0.313 e. The molecule has 4 N–H and O–H groups in total. The lowest BCUT2D eigenvalue weighted by Crippen LogP contribution is -2.55. The molecule has 2 amide bonds. The highest BCUT2D eigenvalue weighted by Crippen LogP contribution is 2.22. The molecule has 110 valence electrons. The van der Waals surface area contributed by atoms with Crippen LogP contribution in [0.5, 0.6) is 0 Å². The zero-order valence-corrected chi connectivity index (χ0v) is 11.9. The van der Waals surface area contributed by atoms with Gasteiger partial charge in [-0.2, -0.15) is 0 Å². The number of amides is 2. The van der Waals surface area contributed by atoms with Crippen LogP contribution in [-0.4, -0.2) is 35.8 Å². The summed E-state index contributed by atoms with van der Waals surface area (Å²) >= 11 is 0. The Bertz CT molecular complexity index is 290. The van der Waals surface area contributed by atoms with Crippen molar-refractivity contribution in [3.05, 3.63) is 0 Å². The molecule has 2 atom stereocenters. The van der Waals surface area contributed by atoms with E-state index in [0.29, 0.717) is 6.04 Å². The minimum atomic E-state index is -0.404. The number of rotatable bonds is 5. The van der Waals surface area contributed by atoms with Gasteiger partial charge in [-0.05, 0) is 25.7 Å². The van der Waals surface area contributed by atoms with Crippen molar-refractivity contribution in [1.82, 2.24) is 10.2 Å². The molecule has 6 nitrogen and oxygen atoms in total. The topological polar surface area (TPSA) is 99.3 Å². The zero-order valence-electron chi connectivity index (χ0n) is 11.9. The van der Waals surface area contributed by atoms with Gasteiger partial charge < -0.3 is 11.1 Å². The van der Waals surface area contributed by atoms with Gasteiger partial charge in [0.25, 0.3) is 0 Å². The highest BCUT2D eigenvalue weighted by atomic mass is 16.2. The Morgan fingerprint density at radius 3 is 2.63 bits per heavy atom. The molecule has 0 aliphatic carbocycles. The highest BCUT2D eigenvalue weighted by molar-refractivity contribution is 5.71. The fraction of sp³-hybridized carbons (Fsp3) is 0.846. The summed E-state index contributed by atoms with van der Waals surface area (Å²) in [4.78, 5) is 21.8. The van der Waals surface area contributed by atoms with E-state index in [-0.39, 0.29) is 6.17 Å². The lowest BCUT2D eigenvalue weighted by Gasteiger charge is -2.41. The molecule has 1 saturated heterocycles. The Kier molecular flexibility index (Phi) is 9.75. The molecule has 2 unspecified atom stereocenters. The van der Waals surface area contributed by atoms with E-state index in [1.165, 1.54) is 19.3 Å². The van der Waals surface area contributed by atoms with Gasteiger partial charge in [-0.15, -0.1) is 0 Å². The summed E-state index contributed by atoms with van der Waals surface area (Å²) in [6, 6.07) is 0.205. The number of nitrogens with zero attached hydrogens (tertiary/aromatic N) is 1. The molecule has 0 aromatic heterocycles. The highest BCUT2D eigenvalue weighted by Gasteiger charge is 2.27. The number of isocyanates is 1. The molecule has 1 aliphatic rings. The second-order valence-electron chi connectivity index (χ2n) is 4.71. The van der Waals surface area contributed by atoms with Gasteiger partial charge in [-0.1, -0.05) is 26.7 Å². The zero-order chi connectivity index (χ0) is 14.7. The van der Waals surface area contributed by atoms with Crippen LogP contribution in [-0.2, 0) is 4.79 Å². The number of hydrogen-bond donors (Lipinski definition) is 3. The van der Waals surface area contributed by atoms with E-state index in [1.807, 2.05) is 0 Å². The van der Waals surface area contributed by atoms with Gasteiger partial charge >= 0.3 is 6.03 Å². The van der Waals surface area contributed by atoms with Gasteiger partial charge in [0.15, 0.2) is 0 Å². The van der Waals surface area contributed by atoms with Gasteiger partial charge in [0.2, 0.25) is 6.08 Å². The summed E-state index contributed by atoms with van der Waals surface area (Å²) in [6.45, 7) is 5.44. The molecule has 0 spiro atoms. The van der Waals surface area contributed by atoms with Crippen molar-refractivity contribution in [3.63, 3.8) is 0 Å². The minimum Gasteiger partial charge on any atom is -0.352 e. The summed E-state index contributed by atoms with van der Waals surface area (Å²) in [5.41, 5.74) is 5.24. The Morgan fingerprint density at radius 2 is 2.16 bits per heavy atom. The number of piperidine rings is 1. The van der Waals surface area contributed by atoms with E-state index in [9.17, 15) is 4.79 Å². The van der Waals surface area contributed by atoms with Gasteiger partial charge in [0.05, 0.1) is 6.17 Å². The van der Waals surface area contributed by atoms with E-state index in [4.69, 9.17) is 15.9 Å². The average Bonchev–Trinajstić information content (AvgIpc) is 2.38. The first-order valence-corrected chi connectivity index (χ1v) is 6.96. The molecular weight excluding hydrogens is 244 g/mol. The third-order valence-electron chi connectivity index (χ3n) is 3.42. The van der Waals surface area contributed by atoms with Crippen LogP contribution in [0.3, 0.4) is 0 Å². The number of likely N-dealkylation sites (tertiary alicyclic amines) is 1. The van der Waals surface area contributed by atoms with Crippen LogP contribution < -0.4 is 11.1 Å². The molecule has 1 heterocycles. The number of hydrogen-bond acceptors (Lipinski definition) is 4. The van der Waals surface area contributed by atoms with Crippen LogP contribution in [0, 0.1) is 5.41 Å². The van der Waals surface area contributed by atoms with Gasteiger partial charge in [-0.25, -0.2) is 15.0 Å².